The molecule has 1 aromatic carbocycles. The molecule has 0 saturated carbocycles. The van der Waals surface area contributed by atoms with Crippen molar-refractivity contribution in [3.63, 3.8) is 0 Å². The number of thiophene rings is 1. The number of anilines is 1. The van der Waals surface area contributed by atoms with Gasteiger partial charge in [0, 0.05) is 35.6 Å². The zero-order valence-corrected chi connectivity index (χ0v) is 12.5. The van der Waals surface area contributed by atoms with E-state index in [2.05, 4.69) is 34.5 Å². The highest BCUT2D eigenvalue weighted by Crippen LogP contribution is 2.23. The normalized spacial score (nSPS) is 13.2. The van der Waals surface area contributed by atoms with Gasteiger partial charge in [-0.15, -0.1) is 11.3 Å². The van der Waals surface area contributed by atoms with Gasteiger partial charge in [-0.3, -0.25) is 0 Å². The van der Waals surface area contributed by atoms with Crippen LogP contribution < -0.4 is 10.6 Å². The molecule has 20 heavy (non-hydrogen) atoms. The van der Waals surface area contributed by atoms with Crippen LogP contribution in [0.5, 0.6) is 0 Å². The van der Waals surface area contributed by atoms with Crippen molar-refractivity contribution in [2.24, 2.45) is 10.9 Å². The van der Waals surface area contributed by atoms with E-state index in [9.17, 15) is 0 Å². The van der Waals surface area contributed by atoms with Crippen LogP contribution in [-0.2, 0) is 6.42 Å². The van der Waals surface area contributed by atoms with E-state index in [0.29, 0.717) is 6.04 Å². The standard InChI is InChI=1S/C15H19N3OS/c1-11(10-12-6-5-9-20-12)18(2)14-8-4-3-7-13(14)15(16)17-19/h3-9,11,19H,10H2,1-2H3,(H2,16,17). The average Bonchev–Trinajstić information content (AvgIpc) is 2.98. The molecule has 2 rings (SSSR count). The maximum atomic E-state index is 8.89. The summed E-state index contributed by atoms with van der Waals surface area (Å²) in [6.07, 6.45) is 0.971. The highest BCUT2D eigenvalue weighted by Gasteiger charge is 2.16. The van der Waals surface area contributed by atoms with Gasteiger partial charge in [0.1, 0.15) is 0 Å². The van der Waals surface area contributed by atoms with Gasteiger partial charge in [0.15, 0.2) is 5.84 Å². The van der Waals surface area contributed by atoms with Crippen molar-refractivity contribution in [2.75, 3.05) is 11.9 Å². The van der Waals surface area contributed by atoms with Crippen molar-refractivity contribution in [3.8, 4) is 0 Å². The van der Waals surface area contributed by atoms with Crippen molar-refractivity contribution in [1.29, 1.82) is 0 Å². The number of likely N-dealkylation sites (N-methyl/N-ethyl adjacent to an activating group) is 1. The molecule has 0 aliphatic heterocycles. The lowest BCUT2D eigenvalue weighted by Crippen LogP contribution is -2.32. The maximum Gasteiger partial charge on any atom is 0.172 e. The largest absolute Gasteiger partial charge is 0.409 e. The van der Waals surface area contributed by atoms with Crippen LogP contribution in [0.25, 0.3) is 0 Å². The van der Waals surface area contributed by atoms with Crippen molar-refractivity contribution in [1.82, 2.24) is 0 Å². The van der Waals surface area contributed by atoms with Crippen molar-refractivity contribution >= 4 is 22.9 Å². The molecular formula is C15H19N3OS. The van der Waals surface area contributed by atoms with Crippen LogP contribution in [0.4, 0.5) is 5.69 Å². The Morgan fingerprint density at radius 2 is 2.10 bits per heavy atom. The predicted octanol–water partition coefficient (Wildman–Crippen LogP) is 2.91. The molecule has 1 atom stereocenters. The number of amidine groups is 1. The summed E-state index contributed by atoms with van der Waals surface area (Å²) in [5.41, 5.74) is 7.45. The van der Waals surface area contributed by atoms with Crippen molar-refractivity contribution in [2.45, 2.75) is 19.4 Å². The van der Waals surface area contributed by atoms with E-state index in [-0.39, 0.29) is 5.84 Å². The number of oxime groups is 1. The lowest BCUT2D eigenvalue weighted by atomic mass is 10.1. The molecule has 1 aromatic heterocycles. The monoisotopic (exact) mass is 289 g/mol. The number of hydrogen-bond donors (Lipinski definition) is 2. The van der Waals surface area contributed by atoms with Crippen LogP contribution in [0.15, 0.2) is 46.9 Å². The van der Waals surface area contributed by atoms with E-state index in [4.69, 9.17) is 10.9 Å². The van der Waals surface area contributed by atoms with Gasteiger partial charge in [-0.2, -0.15) is 0 Å². The lowest BCUT2D eigenvalue weighted by molar-refractivity contribution is 0.318. The molecule has 1 unspecified atom stereocenters. The molecule has 0 spiro atoms. The number of hydrogen-bond acceptors (Lipinski definition) is 4. The first-order valence-corrected chi connectivity index (χ1v) is 7.33. The van der Waals surface area contributed by atoms with Gasteiger partial charge >= 0.3 is 0 Å². The van der Waals surface area contributed by atoms with E-state index in [1.54, 1.807) is 11.3 Å². The van der Waals surface area contributed by atoms with Gasteiger partial charge in [0.25, 0.3) is 0 Å². The van der Waals surface area contributed by atoms with Gasteiger partial charge in [-0.1, -0.05) is 23.4 Å². The Labute approximate surface area is 123 Å². The Balaban J connectivity index is 2.22. The molecule has 3 N–H and O–H groups in total. The molecule has 0 amide bonds. The van der Waals surface area contributed by atoms with Crippen molar-refractivity contribution < 1.29 is 5.21 Å². The number of nitrogens with two attached hydrogens (primary N) is 1. The van der Waals surface area contributed by atoms with E-state index < -0.39 is 0 Å². The van der Waals surface area contributed by atoms with E-state index >= 15 is 0 Å². The molecular weight excluding hydrogens is 270 g/mol. The summed E-state index contributed by atoms with van der Waals surface area (Å²) in [6.45, 7) is 2.17. The maximum absolute atomic E-state index is 8.89. The third-order valence-corrected chi connectivity index (χ3v) is 4.30. The topological polar surface area (TPSA) is 61.8 Å². The van der Waals surface area contributed by atoms with Gasteiger partial charge < -0.3 is 15.8 Å². The van der Waals surface area contributed by atoms with E-state index in [1.807, 2.05) is 31.3 Å². The Kier molecular flexibility index (Phi) is 4.63. The minimum absolute atomic E-state index is 0.135. The SMILES string of the molecule is CC(Cc1cccs1)N(C)c1ccccc1C(N)=NO. The summed E-state index contributed by atoms with van der Waals surface area (Å²) in [7, 11) is 2.03. The van der Waals surface area contributed by atoms with Crippen molar-refractivity contribution in [3.05, 3.63) is 52.2 Å². The number of para-hydroxylation sites is 1. The number of nitrogens with zero attached hydrogens (tertiary/aromatic N) is 2. The predicted molar refractivity (Wildman–Crippen MR) is 84.8 cm³/mol. The van der Waals surface area contributed by atoms with Gasteiger partial charge in [0.05, 0.1) is 0 Å². The lowest BCUT2D eigenvalue weighted by Gasteiger charge is -2.28. The fraction of sp³-hybridized carbons (Fsp3) is 0.267. The third-order valence-electron chi connectivity index (χ3n) is 3.41. The van der Waals surface area contributed by atoms with E-state index in [0.717, 1.165) is 17.7 Å². The van der Waals surface area contributed by atoms with Crippen LogP contribution in [0, 0.1) is 0 Å². The summed E-state index contributed by atoms with van der Waals surface area (Å²) in [6, 6.07) is 12.2. The van der Waals surface area contributed by atoms with Gasteiger partial charge in [-0.25, -0.2) is 0 Å². The molecule has 0 aliphatic carbocycles. The molecule has 106 valence electrons. The first-order valence-electron chi connectivity index (χ1n) is 6.45. The van der Waals surface area contributed by atoms with Crippen LogP contribution >= 0.6 is 11.3 Å². The van der Waals surface area contributed by atoms with Crippen LogP contribution in [-0.4, -0.2) is 24.1 Å². The van der Waals surface area contributed by atoms with Gasteiger partial charge in [0.2, 0.25) is 0 Å². The highest BCUT2D eigenvalue weighted by atomic mass is 32.1. The molecule has 2 aromatic rings. The zero-order valence-electron chi connectivity index (χ0n) is 11.7. The Bertz CT molecular complexity index is 581. The Morgan fingerprint density at radius 1 is 1.35 bits per heavy atom. The highest BCUT2D eigenvalue weighted by molar-refractivity contribution is 7.09. The average molecular weight is 289 g/mol. The number of rotatable bonds is 5. The van der Waals surface area contributed by atoms with E-state index in [1.165, 1.54) is 4.88 Å². The smallest absolute Gasteiger partial charge is 0.172 e. The molecule has 5 heteroatoms. The van der Waals surface area contributed by atoms with Crippen LogP contribution in [0.3, 0.4) is 0 Å². The minimum atomic E-state index is 0.135. The summed E-state index contributed by atoms with van der Waals surface area (Å²) in [5, 5.41) is 14.1. The quantitative estimate of drug-likeness (QED) is 0.385. The molecule has 0 aliphatic rings. The minimum Gasteiger partial charge on any atom is -0.409 e. The molecule has 0 bridgehead atoms. The Hall–Kier alpha value is -2.01. The molecule has 0 saturated heterocycles. The molecule has 0 radical (unpaired) electrons. The summed E-state index contributed by atoms with van der Waals surface area (Å²) >= 11 is 1.76. The first-order chi connectivity index (χ1) is 9.63. The fourth-order valence-electron chi connectivity index (χ4n) is 2.15. The fourth-order valence-corrected chi connectivity index (χ4v) is 2.97. The summed E-state index contributed by atoms with van der Waals surface area (Å²) < 4.78 is 0. The number of benzene rings is 1. The van der Waals surface area contributed by atoms with Gasteiger partial charge in [-0.05, 0) is 30.5 Å². The second-order valence-corrected chi connectivity index (χ2v) is 5.78. The second-order valence-electron chi connectivity index (χ2n) is 4.75. The Morgan fingerprint density at radius 3 is 2.75 bits per heavy atom. The summed E-state index contributed by atoms with van der Waals surface area (Å²) in [4.78, 5) is 3.51. The van der Waals surface area contributed by atoms with Crippen LogP contribution in [0.2, 0.25) is 0 Å². The van der Waals surface area contributed by atoms with Crippen LogP contribution in [0.1, 0.15) is 17.4 Å². The second kappa shape index (κ2) is 6.43. The molecule has 4 nitrogen and oxygen atoms in total. The zero-order chi connectivity index (χ0) is 14.5. The summed E-state index contributed by atoms with van der Waals surface area (Å²) in [5.74, 6) is 0.135. The molecule has 1 heterocycles. The molecule has 0 fully saturated rings. The third kappa shape index (κ3) is 3.11. The first kappa shape index (κ1) is 14.4.